The molecule has 0 radical (unpaired) electrons. The van der Waals surface area contributed by atoms with Gasteiger partial charge in [0.2, 0.25) is 10.0 Å². The summed E-state index contributed by atoms with van der Waals surface area (Å²) < 4.78 is 26.7. The van der Waals surface area contributed by atoms with Crippen molar-refractivity contribution in [2.24, 2.45) is 5.92 Å². The predicted octanol–water partition coefficient (Wildman–Crippen LogP) is 2.92. The first kappa shape index (κ1) is 15.6. The maximum absolute atomic E-state index is 12.6. The normalized spacial score (nSPS) is 23.2. The molecule has 0 amide bonds. The molecule has 1 N–H and O–H groups in total. The van der Waals surface area contributed by atoms with Gasteiger partial charge in [0.05, 0.1) is 10.6 Å². The van der Waals surface area contributed by atoms with Crippen LogP contribution >= 0.6 is 23.2 Å². The van der Waals surface area contributed by atoms with Crippen molar-refractivity contribution >= 4 is 33.2 Å². The summed E-state index contributed by atoms with van der Waals surface area (Å²) in [5, 5.41) is 10.7. The van der Waals surface area contributed by atoms with Crippen molar-refractivity contribution in [2.45, 2.75) is 36.2 Å². The van der Waals surface area contributed by atoms with Gasteiger partial charge >= 0.3 is 0 Å². The Morgan fingerprint density at radius 2 is 1.81 bits per heavy atom. The molecular weight excluding hydrogens is 333 g/mol. The molecule has 2 fully saturated rings. The second-order valence-electron chi connectivity index (χ2n) is 5.86. The molecule has 1 saturated carbocycles. The molecule has 3 rings (SSSR count). The third-order valence-electron chi connectivity index (χ3n) is 4.49. The minimum atomic E-state index is -3.60. The molecule has 1 aromatic carbocycles. The summed E-state index contributed by atoms with van der Waals surface area (Å²) >= 11 is 11.8. The van der Waals surface area contributed by atoms with E-state index >= 15 is 0 Å². The number of hydrogen-bond donors (Lipinski definition) is 1. The molecule has 0 unspecified atom stereocenters. The smallest absolute Gasteiger partial charge is 0.244 e. The number of halogens is 2. The molecule has 1 heterocycles. The van der Waals surface area contributed by atoms with Crippen molar-refractivity contribution in [3.63, 3.8) is 0 Å². The molecule has 2 aliphatic rings. The summed E-state index contributed by atoms with van der Waals surface area (Å²) in [6.07, 6.45) is 3.07. The topological polar surface area (TPSA) is 57.6 Å². The van der Waals surface area contributed by atoms with Crippen LogP contribution in [0.3, 0.4) is 0 Å². The highest BCUT2D eigenvalue weighted by Gasteiger charge is 2.49. The summed E-state index contributed by atoms with van der Waals surface area (Å²) in [5.74, 6) is 0.213. The Kier molecular flexibility index (Phi) is 3.99. The molecule has 21 heavy (non-hydrogen) atoms. The molecule has 0 aromatic heterocycles. The van der Waals surface area contributed by atoms with E-state index in [1.165, 1.54) is 22.5 Å². The van der Waals surface area contributed by atoms with Crippen LogP contribution in [0.15, 0.2) is 23.1 Å². The third-order valence-corrected chi connectivity index (χ3v) is 7.10. The molecule has 0 atom stereocenters. The Labute approximate surface area is 134 Å². The maximum atomic E-state index is 12.6. The monoisotopic (exact) mass is 349 g/mol. The van der Waals surface area contributed by atoms with Gasteiger partial charge in [0.15, 0.2) is 0 Å². The number of sulfonamides is 1. The predicted molar refractivity (Wildman–Crippen MR) is 82.1 cm³/mol. The highest BCUT2D eigenvalue weighted by atomic mass is 35.5. The van der Waals surface area contributed by atoms with E-state index in [2.05, 4.69) is 0 Å². The van der Waals surface area contributed by atoms with Crippen LogP contribution in [0, 0.1) is 5.92 Å². The first-order chi connectivity index (χ1) is 9.83. The average molecular weight is 350 g/mol. The van der Waals surface area contributed by atoms with Crippen molar-refractivity contribution in [1.29, 1.82) is 0 Å². The zero-order valence-electron chi connectivity index (χ0n) is 11.4. The van der Waals surface area contributed by atoms with Crippen LogP contribution < -0.4 is 0 Å². The Morgan fingerprint density at radius 3 is 2.33 bits per heavy atom. The van der Waals surface area contributed by atoms with Gasteiger partial charge in [-0.1, -0.05) is 23.2 Å². The van der Waals surface area contributed by atoms with Crippen LogP contribution in [0.25, 0.3) is 0 Å². The van der Waals surface area contributed by atoms with E-state index in [0.717, 1.165) is 12.8 Å². The SMILES string of the molecule is O=S(=O)(c1ccc(Cl)cc1Cl)N1CCC(C2(O)CC2)CC1. The minimum Gasteiger partial charge on any atom is -0.390 e. The van der Waals surface area contributed by atoms with E-state index in [4.69, 9.17) is 23.2 Å². The lowest BCUT2D eigenvalue weighted by Gasteiger charge is -2.33. The Morgan fingerprint density at radius 1 is 1.19 bits per heavy atom. The van der Waals surface area contributed by atoms with Gasteiger partial charge in [-0.25, -0.2) is 8.42 Å². The zero-order valence-corrected chi connectivity index (χ0v) is 13.8. The average Bonchev–Trinajstić information content (AvgIpc) is 3.18. The van der Waals surface area contributed by atoms with E-state index in [-0.39, 0.29) is 15.8 Å². The molecule has 1 saturated heterocycles. The second-order valence-corrected chi connectivity index (χ2v) is 8.61. The zero-order chi connectivity index (χ0) is 15.3. The van der Waals surface area contributed by atoms with Crippen LogP contribution in [0.1, 0.15) is 25.7 Å². The fourth-order valence-corrected chi connectivity index (χ4v) is 5.21. The van der Waals surface area contributed by atoms with E-state index in [1.807, 2.05) is 0 Å². The van der Waals surface area contributed by atoms with E-state index in [0.29, 0.717) is 31.0 Å². The van der Waals surface area contributed by atoms with Gasteiger partial charge in [-0.15, -0.1) is 0 Å². The fraction of sp³-hybridized carbons (Fsp3) is 0.571. The molecule has 1 aromatic rings. The molecule has 116 valence electrons. The van der Waals surface area contributed by atoms with Gasteiger partial charge in [0.25, 0.3) is 0 Å². The summed E-state index contributed by atoms with van der Waals surface area (Å²) in [6.45, 7) is 0.850. The number of piperidine rings is 1. The lowest BCUT2D eigenvalue weighted by molar-refractivity contribution is 0.0534. The van der Waals surface area contributed by atoms with Crippen LogP contribution in [0.5, 0.6) is 0 Å². The Balaban J connectivity index is 1.77. The quantitative estimate of drug-likeness (QED) is 0.912. The lowest BCUT2D eigenvalue weighted by Crippen LogP contribution is -2.41. The second kappa shape index (κ2) is 5.39. The Hall–Kier alpha value is -0.330. The van der Waals surface area contributed by atoms with Crippen LogP contribution in [-0.4, -0.2) is 36.5 Å². The molecule has 1 aliphatic carbocycles. The highest BCUT2D eigenvalue weighted by molar-refractivity contribution is 7.89. The van der Waals surface area contributed by atoms with Gasteiger partial charge in [-0.05, 0) is 49.8 Å². The summed E-state index contributed by atoms with van der Waals surface area (Å²) in [6, 6.07) is 4.41. The first-order valence-corrected chi connectivity index (χ1v) is 9.20. The number of rotatable bonds is 3. The highest BCUT2D eigenvalue weighted by Crippen LogP contribution is 2.46. The first-order valence-electron chi connectivity index (χ1n) is 7.00. The van der Waals surface area contributed by atoms with Gasteiger partial charge < -0.3 is 5.11 Å². The van der Waals surface area contributed by atoms with Gasteiger partial charge in [0.1, 0.15) is 4.90 Å². The van der Waals surface area contributed by atoms with Crippen molar-refractivity contribution < 1.29 is 13.5 Å². The maximum Gasteiger partial charge on any atom is 0.244 e. The van der Waals surface area contributed by atoms with Crippen molar-refractivity contribution in [3.05, 3.63) is 28.2 Å². The molecule has 0 bridgehead atoms. The molecular formula is C14H17Cl2NO3S. The van der Waals surface area contributed by atoms with Crippen LogP contribution in [-0.2, 0) is 10.0 Å². The fourth-order valence-electron chi connectivity index (χ4n) is 2.99. The number of nitrogens with zero attached hydrogens (tertiary/aromatic N) is 1. The molecule has 7 heteroatoms. The van der Waals surface area contributed by atoms with Crippen LogP contribution in [0.4, 0.5) is 0 Å². The molecule has 0 spiro atoms. The summed E-state index contributed by atoms with van der Waals surface area (Å²) in [7, 11) is -3.60. The number of benzene rings is 1. The molecule has 1 aliphatic heterocycles. The van der Waals surface area contributed by atoms with Crippen molar-refractivity contribution in [2.75, 3.05) is 13.1 Å². The van der Waals surface area contributed by atoms with Crippen LogP contribution in [0.2, 0.25) is 10.0 Å². The summed E-state index contributed by atoms with van der Waals surface area (Å²) in [5.41, 5.74) is -0.534. The minimum absolute atomic E-state index is 0.0946. The van der Waals surface area contributed by atoms with Gasteiger partial charge in [0, 0.05) is 18.1 Å². The van der Waals surface area contributed by atoms with Crippen molar-refractivity contribution in [3.8, 4) is 0 Å². The largest absolute Gasteiger partial charge is 0.390 e. The lowest BCUT2D eigenvalue weighted by atomic mass is 9.90. The van der Waals surface area contributed by atoms with E-state index in [1.54, 1.807) is 0 Å². The van der Waals surface area contributed by atoms with E-state index in [9.17, 15) is 13.5 Å². The van der Waals surface area contributed by atoms with E-state index < -0.39 is 15.6 Å². The standard InChI is InChI=1S/C14H17Cl2NO3S/c15-11-1-2-13(12(16)9-11)21(19,20)17-7-3-10(4-8-17)14(18)5-6-14/h1-2,9-10,18H,3-8H2. The van der Waals surface area contributed by atoms with Crippen molar-refractivity contribution in [1.82, 2.24) is 4.31 Å². The summed E-state index contributed by atoms with van der Waals surface area (Å²) in [4.78, 5) is 0.0946. The number of hydrogen-bond acceptors (Lipinski definition) is 3. The number of aliphatic hydroxyl groups is 1. The third kappa shape index (κ3) is 2.94. The van der Waals surface area contributed by atoms with Gasteiger partial charge in [-0.3, -0.25) is 0 Å². The molecule has 4 nitrogen and oxygen atoms in total. The van der Waals surface area contributed by atoms with Gasteiger partial charge in [-0.2, -0.15) is 4.31 Å². The Bertz CT molecular complexity index is 650.